The molecule has 0 bridgehead atoms. The monoisotopic (exact) mass is 382 g/mol. The summed E-state index contributed by atoms with van der Waals surface area (Å²) in [5, 5.41) is 9.25. The second-order valence-electron chi connectivity index (χ2n) is 8.41. The fraction of sp³-hybridized carbons (Fsp3) is 0.632. The SMILES string of the molecule is CC(C)(C)[S+]([O-])N[C@@H]1c2cc(CF)ccc2CC12CCN(C(=O)O)CC2. The topological polar surface area (TPSA) is 75.6 Å². The van der Waals surface area contributed by atoms with Crippen LogP contribution in [0.15, 0.2) is 18.2 Å². The number of hydrogen-bond donors (Lipinski definition) is 2. The zero-order valence-corrected chi connectivity index (χ0v) is 16.4. The third-order valence-electron chi connectivity index (χ3n) is 5.64. The molecule has 3 rings (SSSR count). The highest BCUT2D eigenvalue weighted by molar-refractivity contribution is 7.90. The van der Waals surface area contributed by atoms with E-state index in [1.807, 2.05) is 39.0 Å². The van der Waals surface area contributed by atoms with Gasteiger partial charge in [-0.15, -0.1) is 4.72 Å². The molecule has 144 valence electrons. The van der Waals surface area contributed by atoms with Crippen LogP contribution in [-0.4, -0.2) is 38.5 Å². The molecule has 1 saturated heterocycles. The van der Waals surface area contributed by atoms with Crippen LogP contribution in [0.4, 0.5) is 9.18 Å². The summed E-state index contributed by atoms with van der Waals surface area (Å²) in [5.41, 5.74) is 2.61. The minimum absolute atomic E-state index is 0.153. The fourth-order valence-corrected chi connectivity index (χ4v) is 4.99. The van der Waals surface area contributed by atoms with Crippen LogP contribution in [0.2, 0.25) is 0 Å². The van der Waals surface area contributed by atoms with Crippen molar-refractivity contribution in [3.8, 4) is 0 Å². The molecule has 1 aliphatic heterocycles. The Kier molecular flexibility index (Phi) is 5.25. The molecule has 1 amide bonds. The van der Waals surface area contributed by atoms with Crippen molar-refractivity contribution in [2.75, 3.05) is 13.1 Å². The first-order valence-electron chi connectivity index (χ1n) is 9.00. The average Bonchev–Trinajstić information content (AvgIpc) is 2.87. The quantitative estimate of drug-likeness (QED) is 0.784. The summed E-state index contributed by atoms with van der Waals surface area (Å²) in [7, 11) is 0. The zero-order chi connectivity index (χ0) is 19.1. The summed E-state index contributed by atoms with van der Waals surface area (Å²) in [4.78, 5) is 12.7. The molecule has 1 fully saturated rings. The molecule has 0 radical (unpaired) electrons. The minimum Gasteiger partial charge on any atom is -0.598 e. The van der Waals surface area contributed by atoms with Gasteiger partial charge in [0.1, 0.15) is 11.4 Å². The van der Waals surface area contributed by atoms with Crippen LogP contribution in [0, 0.1) is 5.41 Å². The van der Waals surface area contributed by atoms with Gasteiger partial charge < -0.3 is 14.6 Å². The molecule has 26 heavy (non-hydrogen) atoms. The van der Waals surface area contributed by atoms with Gasteiger partial charge in [-0.2, -0.15) is 0 Å². The average molecular weight is 383 g/mol. The number of piperidine rings is 1. The van der Waals surface area contributed by atoms with Crippen molar-refractivity contribution < 1.29 is 18.8 Å². The maximum absolute atomic E-state index is 13.2. The Labute approximate surface area is 157 Å². The summed E-state index contributed by atoms with van der Waals surface area (Å²) in [6, 6.07) is 5.50. The lowest BCUT2D eigenvalue weighted by molar-refractivity contribution is 0.0764. The Morgan fingerprint density at radius 2 is 2.08 bits per heavy atom. The summed E-state index contributed by atoms with van der Waals surface area (Å²) >= 11 is -1.26. The van der Waals surface area contributed by atoms with Gasteiger partial charge in [-0.25, -0.2) is 9.18 Å². The van der Waals surface area contributed by atoms with Crippen LogP contribution in [-0.2, 0) is 24.5 Å². The first-order chi connectivity index (χ1) is 12.2. The molecule has 1 aromatic rings. The summed E-state index contributed by atoms with van der Waals surface area (Å²) in [6.45, 7) is 6.18. The van der Waals surface area contributed by atoms with Crippen molar-refractivity contribution in [1.29, 1.82) is 0 Å². The molecule has 1 aromatic carbocycles. The van der Waals surface area contributed by atoms with E-state index < -0.39 is 28.9 Å². The third-order valence-corrected chi connectivity index (χ3v) is 7.20. The molecule has 1 heterocycles. The Hall–Kier alpha value is -1.31. The molecule has 2 aliphatic rings. The highest BCUT2D eigenvalue weighted by Gasteiger charge is 2.50. The number of likely N-dealkylation sites (tertiary alicyclic amines) is 1. The number of carbonyl (C=O) groups is 1. The second kappa shape index (κ2) is 7.02. The van der Waals surface area contributed by atoms with Gasteiger partial charge in [0.05, 0.1) is 6.04 Å². The van der Waals surface area contributed by atoms with Crippen molar-refractivity contribution in [2.24, 2.45) is 5.41 Å². The fourth-order valence-electron chi connectivity index (χ4n) is 4.05. The van der Waals surface area contributed by atoms with Gasteiger partial charge in [-0.1, -0.05) is 18.2 Å². The molecular weight excluding hydrogens is 355 g/mol. The van der Waals surface area contributed by atoms with Gasteiger partial charge in [0.15, 0.2) is 0 Å². The minimum atomic E-state index is -1.26. The van der Waals surface area contributed by atoms with Gasteiger partial charge in [-0.05, 0) is 56.7 Å². The maximum Gasteiger partial charge on any atom is 0.407 e. The third kappa shape index (κ3) is 3.57. The zero-order valence-electron chi connectivity index (χ0n) is 15.5. The molecule has 0 aromatic heterocycles. The number of nitrogens with zero attached hydrogens (tertiary/aromatic N) is 1. The number of fused-ring (bicyclic) bond motifs is 1. The van der Waals surface area contributed by atoms with E-state index in [-0.39, 0.29) is 11.5 Å². The predicted molar refractivity (Wildman–Crippen MR) is 100.0 cm³/mol. The lowest BCUT2D eigenvalue weighted by Gasteiger charge is -2.43. The Bertz CT molecular complexity index is 684. The van der Waals surface area contributed by atoms with E-state index in [2.05, 4.69) is 4.72 Å². The number of hydrogen-bond acceptors (Lipinski definition) is 3. The number of nitrogens with one attached hydrogen (secondary N) is 1. The van der Waals surface area contributed by atoms with Crippen LogP contribution in [0.25, 0.3) is 0 Å². The first-order valence-corrected chi connectivity index (χ1v) is 10.1. The van der Waals surface area contributed by atoms with E-state index in [9.17, 15) is 18.8 Å². The normalized spacial score (nSPS) is 23.1. The Morgan fingerprint density at radius 3 is 2.62 bits per heavy atom. The number of halogens is 1. The molecule has 5 nitrogen and oxygen atoms in total. The number of rotatable bonds is 3. The van der Waals surface area contributed by atoms with Crippen molar-refractivity contribution >= 4 is 17.5 Å². The van der Waals surface area contributed by atoms with E-state index in [1.54, 1.807) is 0 Å². The smallest absolute Gasteiger partial charge is 0.407 e. The molecule has 0 saturated carbocycles. The van der Waals surface area contributed by atoms with Crippen LogP contribution in [0.5, 0.6) is 0 Å². The molecule has 2 N–H and O–H groups in total. The largest absolute Gasteiger partial charge is 0.598 e. The molecule has 2 atom stereocenters. The molecule has 7 heteroatoms. The van der Waals surface area contributed by atoms with Gasteiger partial charge in [0.2, 0.25) is 0 Å². The highest BCUT2D eigenvalue weighted by atomic mass is 32.2. The van der Waals surface area contributed by atoms with Gasteiger partial charge >= 0.3 is 6.09 Å². The maximum atomic E-state index is 13.2. The van der Waals surface area contributed by atoms with Crippen LogP contribution < -0.4 is 4.72 Å². The molecule has 1 unspecified atom stereocenters. The van der Waals surface area contributed by atoms with Crippen LogP contribution >= 0.6 is 0 Å². The molecule has 1 spiro atoms. The lowest BCUT2D eigenvalue weighted by atomic mass is 9.73. The van der Waals surface area contributed by atoms with Gasteiger partial charge in [0, 0.05) is 29.9 Å². The Balaban J connectivity index is 1.92. The summed E-state index contributed by atoms with van der Waals surface area (Å²) in [5.74, 6) is 0. The van der Waals surface area contributed by atoms with Gasteiger partial charge in [-0.3, -0.25) is 0 Å². The van der Waals surface area contributed by atoms with E-state index in [4.69, 9.17) is 0 Å². The van der Waals surface area contributed by atoms with Crippen molar-refractivity contribution in [2.45, 2.75) is 57.5 Å². The van der Waals surface area contributed by atoms with Crippen LogP contribution in [0.1, 0.15) is 56.3 Å². The van der Waals surface area contributed by atoms with E-state index in [0.717, 1.165) is 17.5 Å². The molecular formula is C19H27FN2O3S. The van der Waals surface area contributed by atoms with E-state index in [1.165, 1.54) is 4.90 Å². The second-order valence-corrected chi connectivity index (χ2v) is 10.4. The number of alkyl halides is 1. The number of carboxylic acid groups (broad SMARTS) is 1. The lowest BCUT2D eigenvalue weighted by Crippen LogP contribution is -2.50. The highest BCUT2D eigenvalue weighted by Crippen LogP contribution is 2.52. The van der Waals surface area contributed by atoms with E-state index >= 15 is 0 Å². The van der Waals surface area contributed by atoms with Crippen molar-refractivity contribution in [1.82, 2.24) is 9.62 Å². The van der Waals surface area contributed by atoms with E-state index in [0.29, 0.717) is 31.5 Å². The molecule has 1 aliphatic carbocycles. The standard InChI is InChI=1S/C19H27FN2O3S/c1-18(2,3)26(25)21-16-15-10-13(12-20)4-5-14(15)11-19(16)6-8-22(9-7-19)17(23)24/h4-5,10,16,21H,6-9,11-12H2,1-3H3,(H,23,24)/t16-,26?/m1/s1. The summed E-state index contributed by atoms with van der Waals surface area (Å²) < 4.78 is 28.9. The first kappa shape index (κ1) is 19.5. The van der Waals surface area contributed by atoms with Gasteiger partial charge in [0.25, 0.3) is 0 Å². The number of benzene rings is 1. The number of amides is 1. The Morgan fingerprint density at radius 1 is 1.42 bits per heavy atom. The predicted octanol–water partition coefficient (Wildman–Crippen LogP) is 3.57. The van der Waals surface area contributed by atoms with Crippen molar-refractivity contribution in [3.05, 3.63) is 34.9 Å². The summed E-state index contributed by atoms with van der Waals surface area (Å²) in [6.07, 6.45) is 1.33. The van der Waals surface area contributed by atoms with Crippen molar-refractivity contribution in [3.63, 3.8) is 0 Å². The van der Waals surface area contributed by atoms with Crippen LogP contribution in [0.3, 0.4) is 0 Å².